The molecule has 2 aromatic heterocycles. The molecule has 1 aromatic carbocycles. The Morgan fingerprint density at radius 3 is 2.79 bits per heavy atom. The lowest BCUT2D eigenvalue weighted by molar-refractivity contribution is -0.136. The van der Waals surface area contributed by atoms with Crippen LogP contribution in [0.1, 0.15) is 25.5 Å². The van der Waals surface area contributed by atoms with Crippen molar-refractivity contribution in [2.75, 3.05) is 19.4 Å². The van der Waals surface area contributed by atoms with Crippen molar-refractivity contribution >= 4 is 43.5 Å². The van der Waals surface area contributed by atoms with Gasteiger partial charge in [-0.25, -0.2) is 13.4 Å². The largest absolute Gasteiger partial charge is 0.488 e. The highest BCUT2D eigenvalue weighted by Crippen LogP contribution is 2.39. The van der Waals surface area contributed by atoms with Gasteiger partial charge in [-0.15, -0.1) is 0 Å². The van der Waals surface area contributed by atoms with E-state index in [1.165, 1.54) is 36.2 Å². The number of carboxylic acids is 1. The lowest BCUT2D eigenvalue weighted by Gasteiger charge is -2.12. The van der Waals surface area contributed by atoms with E-state index in [2.05, 4.69) is 15.0 Å². The second-order valence-electron chi connectivity index (χ2n) is 7.70. The molecule has 180 valence electrons. The van der Waals surface area contributed by atoms with Gasteiger partial charge in [-0.3, -0.25) is 9.79 Å². The zero-order chi connectivity index (χ0) is 24.5. The van der Waals surface area contributed by atoms with Gasteiger partial charge in [0.05, 0.1) is 37.0 Å². The predicted octanol–water partition coefficient (Wildman–Crippen LogP) is 4.02. The van der Waals surface area contributed by atoms with Crippen molar-refractivity contribution in [3.05, 3.63) is 42.0 Å². The van der Waals surface area contributed by atoms with Crippen molar-refractivity contribution in [2.45, 2.75) is 30.0 Å². The van der Waals surface area contributed by atoms with E-state index in [1.807, 2.05) is 6.92 Å². The van der Waals surface area contributed by atoms with E-state index in [0.717, 1.165) is 6.26 Å². The van der Waals surface area contributed by atoms with Crippen LogP contribution in [0.4, 0.5) is 4.39 Å². The summed E-state index contributed by atoms with van der Waals surface area (Å²) in [6.45, 7) is 2.57. The Labute approximate surface area is 199 Å². The van der Waals surface area contributed by atoms with Gasteiger partial charge >= 0.3 is 5.97 Å². The van der Waals surface area contributed by atoms with Crippen LogP contribution >= 0.6 is 11.8 Å². The number of aromatic amines is 1. The number of sulfone groups is 1. The molecule has 3 aromatic rings. The van der Waals surface area contributed by atoms with Crippen LogP contribution in [0.3, 0.4) is 0 Å². The molecule has 0 bridgehead atoms. The van der Waals surface area contributed by atoms with Crippen LogP contribution in [-0.2, 0) is 14.6 Å². The SMILES string of the molecule is CCCOc1c(F)c(Oc2ccc(S(C)(=O)=O)nc2)cc2cc(C3=NCC(CC(=O)O)S3)[nH]c12. The van der Waals surface area contributed by atoms with E-state index in [9.17, 15) is 13.2 Å². The number of fused-ring (bicyclic) bond motifs is 1. The van der Waals surface area contributed by atoms with Crippen molar-refractivity contribution in [1.82, 2.24) is 9.97 Å². The quantitative estimate of drug-likeness (QED) is 0.444. The molecule has 0 saturated carbocycles. The molecule has 3 heterocycles. The Kier molecular flexibility index (Phi) is 6.80. The molecule has 0 radical (unpaired) electrons. The number of ether oxygens (including phenoxy) is 2. The van der Waals surface area contributed by atoms with Crippen molar-refractivity contribution in [1.29, 1.82) is 0 Å². The van der Waals surface area contributed by atoms with Gasteiger partial charge < -0.3 is 19.6 Å². The zero-order valence-electron chi connectivity index (χ0n) is 18.4. The predicted molar refractivity (Wildman–Crippen MR) is 126 cm³/mol. The number of nitrogens with one attached hydrogen (secondary N) is 1. The van der Waals surface area contributed by atoms with Crippen LogP contribution in [0.15, 0.2) is 40.5 Å². The molecule has 0 saturated heterocycles. The smallest absolute Gasteiger partial charge is 0.304 e. The molecular weight excluding hydrogens is 485 g/mol. The number of benzene rings is 1. The van der Waals surface area contributed by atoms with Crippen molar-refractivity contribution in [2.24, 2.45) is 4.99 Å². The summed E-state index contributed by atoms with van der Waals surface area (Å²) in [5.74, 6) is -1.56. The number of hydrogen-bond donors (Lipinski definition) is 2. The third kappa shape index (κ3) is 5.17. The lowest BCUT2D eigenvalue weighted by Crippen LogP contribution is -2.10. The van der Waals surface area contributed by atoms with Gasteiger partial charge in [-0.1, -0.05) is 18.7 Å². The highest BCUT2D eigenvalue weighted by molar-refractivity contribution is 8.15. The van der Waals surface area contributed by atoms with Gasteiger partial charge in [0.15, 0.2) is 26.4 Å². The lowest BCUT2D eigenvalue weighted by atomic mass is 10.2. The monoisotopic (exact) mass is 507 g/mol. The molecule has 0 fully saturated rings. The number of rotatable bonds is 9. The molecule has 1 aliphatic heterocycles. The first-order valence-electron chi connectivity index (χ1n) is 10.4. The molecule has 2 N–H and O–H groups in total. The second kappa shape index (κ2) is 9.63. The molecular formula is C22H22FN3O6S2. The van der Waals surface area contributed by atoms with E-state index in [4.69, 9.17) is 14.6 Å². The van der Waals surface area contributed by atoms with E-state index in [1.54, 1.807) is 6.07 Å². The Hall–Kier alpha value is -3.12. The van der Waals surface area contributed by atoms with Crippen LogP contribution in [0.5, 0.6) is 17.2 Å². The van der Waals surface area contributed by atoms with Crippen LogP contribution in [0.25, 0.3) is 10.9 Å². The van der Waals surface area contributed by atoms with Crippen molar-refractivity contribution in [3.8, 4) is 17.2 Å². The topological polar surface area (TPSA) is 131 Å². The number of aliphatic carboxylic acids is 1. The van der Waals surface area contributed by atoms with Gasteiger partial charge in [-0.2, -0.15) is 4.39 Å². The number of hydrogen-bond acceptors (Lipinski definition) is 8. The highest BCUT2D eigenvalue weighted by atomic mass is 32.2. The molecule has 9 nitrogen and oxygen atoms in total. The molecule has 1 unspecified atom stereocenters. The first-order valence-corrected chi connectivity index (χ1v) is 13.2. The van der Waals surface area contributed by atoms with E-state index in [0.29, 0.717) is 34.6 Å². The van der Waals surface area contributed by atoms with Crippen LogP contribution in [0.2, 0.25) is 0 Å². The van der Waals surface area contributed by atoms with Gasteiger partial charge in [0.2, 0.25) is 5.82 Å². The highest BCUT2D eigenvalue weighted by Gasteiger charge is 2.26. The summed E-state index contributed by atoms with van der Waals surface area (Å²) in [6.07, 6.45) is 2.92. The number of H-pyrrole nitrogens is 1. The zero-order valence-corrected chi connectivity index (χ0v) is 20.0. The number of nitrogens with zero attached hydrogens (tertiary/aromatic N) is 2. The summed E-state index contributed by atoms with van der Waals surface area (Å²) in [4.78, 5) is 22.4. The Morgan fingerprint density at radius 1 is 1.35 bits per heavy atom. The number of carboxylic acid groups (broad SMARTS) is 1. The summed E-state index contributed by atoms with van der Waals surface area (Å²) in [5.41, 5.74) is 1.06. The van der Waals surface area contributed by atoms with Crippen molar-refractivity contribution < 1.29 is 32.2 Å². The van der Waals surface area contributed by atoms with Crippen molar-refractivity contribution in [3.63, 3.8) is 0 Å². The summed E-state index contributed by atoms with van der Waals surface area (Å²) in [7, 11) is -3.47. The minimum Gasteiger partial charge on any atom is -0.488 e. The number of pyridine rings is 1. The van der Waals surface area contributed by atoms with E-state index < -0.39 is 21.6 Å². The molecule has 1 aliphatic rings. The fourth-order valence-electron chi connectivity index (χ4n) is 3.37. The molecule has 0 spiro atoms. The Balaban J connectivity index is 1.68. The summed E-state index contributed by atoms with van der Waals surface area (Å²) in [6, 6.07) is 5.96. The number of carbonyl (C=O) groups is 1. The average Bonchev–Trinajstić information content (AvgIpc) is 3.40. The minimum absolute atomic E-state index is 0.00152. The number of aliphatic imine (C=N–C) groups is 1. The van der Waals surface area contributed by atoms with Gasteiger partial charge in [0.1, 0.15) is 10.8 Å². The van der Waals surface area contributed by atoms with Gasteiger partial charge in [0, 0.05) is 16.9 Å². The van der Waals surface area contributed by atoms with Gasteiger partial charge in [0.25, 0.3) is 0 Å². The molecule has 1 atom stereocenters. The molecule has 12 heteroatoms. The first kappa shape index (κ1) is 24.0. The van der Waals surface area contributed by atoms with Gasteiger partial charge in [-0.05, 0) is 30.7 Å². The number of halogens is 1. The molecule has 0 aliphatic carbocycles. The fourth-order valence-corrected chi connectivity index (χ4v) is 5.00. The number of aromatic nitrogens is 2. The maximum absolute atomic E-state index is 15.4. The molecule has 34 heavy (non-hydrogen) atoms. The fraction of sp³-hybridized carbons (Fsp3) is 0.318. The maximum atomic E-state index is 15.4. The summed E-state index contributed by atoms with van der Waals surface area (Å²) >= 11 is 1.36. The third-order valence-electron chi connectivity index (χ3n) is 4.89. The summed E-state index contributed by atoms with van der Waals surface area (Å²) < 4.78 is 50.0. The average molecular weight is 508 g/mol. The standard InChI is InChI=1S/C22H22FN3O6S2/c1-3-6-31-21-19(23)16(32-13-4-5-17(24-10-13)34(2,29)30)8-12-7-15(26-20(12)21)22-25-11-14(33-22)9-18(27)28/h4-5,7-8,10,14,26H,3,6,9,11H2,1-2H3,(H,27,28). The summed E-state index contributed by atoms with van der Waals surface area (Å²) in [5, 5.41) is 10.0. The maximum Gasteiger partial charge on any atom is 0.304 e. The third-order valence-corrected chi connectivity index (χ3v) is 7.12. The first-order chi connectivity index (χ1) is 16.2. The normalized spacial score (nSPS) is 16.0. The molecule has 4 rings (SSSR count). The second-order valence-corrected chi connectivity index (χ2v) is 11.0. The van der Waals surface area contributed by atoms with Crippen LogP contribution in [0, 0.1) is 5.82 Å². The molecule has 0 amide bonds. The Morgan fingerprint density at radius 2 is 2.15 bits per heavy atom. The van der Waals surface area contributed by atoms with Crippen LogP contribution in [-0.4, -0.2) is 59.2 Å². The van der Waals surface area contributed by atoms with E-state index in [-0.39, 0.29) is 40.6 Å². The van der Waals surface area contributed by atoms with E-state index >= 15 is 4.39 Å². The Bertz CT molecular complexity index is 1370. The minimum atomic E-state index is -3.47. The number of thioether (sulfide) groups is 1. The van der Waals surface area contributed by atoms with Crippen LogP contribution < -0.4 is 9.47 Å².